The Bertz CT molecular complexity index is 1530. The van der Waals surface area contributed by atoms with E-state index < -0.39 is 34.9 Å². The van der Waals surface area contributed by atoms with Gasteiger partial charge in [0, 0.05) is 43.0 Å². The SMILES string of the molecule is CC(=O)N1CCC(N2C(=O)C(=N)C(=N)C(CC(=O)Nc3ccc(C(F)(F)F)cc3Cl)=C2C)CC1.CC(C)(O)c1ccc(N)cc1. The van der Waals surface area contributed by atoms with Gasteiger partial charge in [0.05, 0.1) is 34.0 Å². The summed E-state index contributed by atoms with van der Waals surface area (Å²) >= 11 is 5.90. The summed E-state index contributed by atoms with van der Waals surface area (Å²) in [4.78, 5) is 40.1. The molecule has 10 nitrogen and oxygen atoms in total. The molecule has 2 aromatic carbocycles. The fraction of sp³-hybridized carbons (Fsp3) is 0.387. The molecule has 0 aliphatic carbocycles. The molecule has 45 heavy (non-hydrogen) atoms. The molecule has 14 heteroatoms. The Morgan fingerprint density at radius 3 is 2.09 bits per heavy atom. The number of halogens is 4. The molecule has 2 heterocycles. The van der Waals surface area contributed by atoms with Crippen LogP contribution in [0.4, 0.5) is 24.5 Å². The molecule has 0 radical (unpaired) electrons. The average Bonchev–Trinajstić information content (AvgIpc) is 2.95. The van der Waals surface area contributed by atoms with Crippen LogP contribution in [0.2, 0.25) is 5.02 Å². The summed E-state index contributed by atoms with van der Waals surface area (Å²) in [5.41, 5.74) is 4.94. The topological polar surface area (TPSA) is 164 Å². The maximum atomic E-state index is 12.8. The van der Waals surface area contributed by atoms with Gasteiger partial charge < -0.3 is 26.0 Å². The summed E-state index contributed by atoms with van der Waals surface area (Å²) in [5.74, 6) is -1.36. The molecule has 0 unspecified atom stereocenters. The van der Waals surface area contributed by atoms with E-state index in [-0.39, 0.29) is 40.4 Å². The van der Waals surface area contributed by atoms with Crippen molar-refractivity contribution in [1.82, 2.24) is 9.80 Å². The maximum absolute atomic E-state index is 12.8. The zero-order valence-electron chi connectivity index (χ0n) is 25.3. The van der Waals surface area contributed by atoms with Gasteiger partial charge in [-0.2, -0.15) is 13.2 Å². The smallest absolute Gasteiger partial charge is 0.399 e. The normalized spacial score (nSPS) is 16.4. The first-order valence-electron chi connectivity index (χ1n) is 14.0. The zero-order valence-corrected chi connectivity index (χ0v) is 26.1. The number of hydrogen-bond acceptors (Lipinski definition) is 7. The quantitative estimate of drug-likeness (QED) is 0.276. The fourth-order valence-electron chi connectivity index (χ4n) is 4.99. The summed E-state index contributed by atoms with van der Waals surface area (Å²) in [6.07, 6.45) is -3.98. The van der Waals surface area contributed by atoms with E-state index >= 15 is 0 Å². The highest BCUT2D eigenvalue weighted by Gasteiger charge is 2.39. The maximum Gasteiger partial charge on any atom is 0.416 e. The van der Waals surface area contributed by atoms with Gasteiger partial charge in [0.25, 0.3) is 5.91 Å². The van der Waals surface area contributed by atoms with Crippen molar-refractivity contribution in [2.24, 2.45) is 0 Å². The predicted molar refractivity (Wildman–Crippen MR) is 166 cm³/mol. The van der Waals surface area contributed by atoms with Crippen molar-refractivity contribution < 1.29 is 32.7 Å². The number of allylic oxidation sites excluding steroid dienone is 1. The summed E-state index contributed by atoms with van der Waals surface area (Å²) in [6, 6.07) is 9.47. The number of anilines is 2. The molecule has 0 bridgehead atoms. The summed E-state index contributed by atoms with van der Waals surface area (Å²) < 4.78 is 38.5. The molecule has 0 spiro atoms. The number of amides is 3. The number of carbonyl (C=O) groups is 3. The number of alkyl halides is 3. The molecule has 242 valence electrons. The monoisotopic (exact) mass is 648 g/mol. The van der Waals surface area contributed by atoms with Crippen molar-refractivity contribution in [2.75, 3.05) is 24.1 Å². The average molecular weight is 649 g/mol. The Kier molecular flexibility index (Phi) is 10.8. The molecule has 0 saturated carbocycles. The highest BCUT2D eigenvalue weighted by molar-refractivity contribution is 6.69. The number of rotatable bonds is 5. The number of benzene rings is 2. The van der Waals surface area contributed by atoms with Crippen molar-refractivity contribution in [3.05, 3.63) is 69.9 Å². The van der Waals surface area contributed by atoms with Crippen molar-refractivity contribution in [1.29, 1.82) is 10.8 Å². The number of nitrogens with two attached hydrogens (primary N) is 1. The highest BCUT2D eigenvalue weighted by atomic mass is 35.5. The van der Waals surface area contributed by atoms with Crippen LogP contribution in [-0.2, 0) is 26.2 Å². The van der Waals surface area contributed by atoms with E-state index in [4.69, 9.17) is 28.2 Å². The Morgan fingerprint density at radius 2 is 1.60 bits per heavy atom. The molecule has 2 aliphatic heterocycles. The van der Waals surface area contributed by atoms with E-state index in [1.54, 1.807) is 37.8 Å². The number of nitrogens with one attached hydrogen (secondary N) is 3. The molecule has 2 aromatic rings. The summed E-state index contributed by atoms with van der Waals surface area (Å²) in [5, 5.41) is 28.0. The molecule has 4 rings (SSSR count). The number of carbonyl (C=O) groups excluding carboxylic acids is 3. The van der Waals surface area contributed by atoms with Crippen LogP contribution in [0.5, 0.6) is 0 Å². The van der Waals surface area contributed by atoms with Gasteiger partial charge in [-0.25, -0.2) is 0 Å². The largest absolute Gasteiger partial charge is 0.416 e. The van der Waals surface area contributed by atoms with Crippen LogP contribution in [0.15, 0.2) is 53.7 Å². The van der Waals surface area contributed by atoms with Gasteiger partial charge >= 0.3 is 6.18 Å². The lowest BCUT2D eigenvalue weighted by molar-refractivity contribution is -0.137. The van der Waals surface area contributed by atoms with E-state index in [0.29, 0.717) is 37.7 Å². The minimum atomic E-state index is -4.58. The summed E-state index contributed by atoms with van der Waals surface area (Å²) in [6.45, 7) is 7.45. The van der Waals surface area contributed by atoms with Crippen molar-refractivity contribution in [3.8, 4) is 0 Å². The Hall–Kier alpha value is -4.23. The molecule has 1 fully saturated rings. The number of piperidine rings is 1. The first kappa shape index (κ1) is 35.3. The van der Waals surface area contributed by atoms with Gasteiger partial charge in [0.1, 0.15) is 5.71 Å². The van der Waals surface area contributed by atoms with E-state index in [0.717, 1.165) is 23.4 Å². The number of aliphatic hydroxyl groups is 1. The minimum absolute atomic E-state index is 0.0279. The van der Waals surface area contributed by atoms with Crippen molar-refractivity contribution >= 4 is 52.1 Å². The van der Waals surface area contributed by atoms with E-state index in [9.17, 15) is 32.7 Å². The number of hydrogen-bond donors (Lipinski definition) is 5. The van der Waals surface area contributed by atoms with Gasteiger partial charge in [-0.3, -0.25) is 25.2 Å². The second kappa shape index (κ2) is 13.8. The molecular weight excluding hydrogens is 613 g/mol. The van der Waals surface area contributed by atoms with Crippen LogP contribution in [0.25, 0.3) is 0 Å². The number of nitrogen functional groups attached to an aromatic ring is 1. The zero-order chi connectivity index (χ0) is 33.9. The molecule has 3 amide bonds. The van der Waals surface area contributed by atoms with Crippen LogP contribution in [0.3, 0.4) is 0 Å². The van der Waals surface area contributed by atoms with Gasteiger partial charge in [-0.05, 0) is 69.5 Å². The van der Waals surface area contributed by atoms with Gasteiger partial charge in [-0.1, -0.05) is 23.7 Å². The lowest BCUT2D eigenvalue weighted by Gasteiger charge is -2.41. The van der Waals surface area contributed by atoms with E-state index in [2.05, 4.69) is 5.32 Å². The van der Waals surface area contributed by atoms with Crippen molar-refractivity contribution in [2.45, 2.75) is 64.8 Å². The van der Waals surface area contributed by atoms with Gasteiger partial charge in [-0.15, -0.1) is 0 Å². The minimum Gasteiger partial charge on any atom is -0.399 e. The lowest BCUT2D eigenvalue weighted by Crippen LogP contribution is -2.53. The van der Waals surface area contributed by atoms with Crippen LogP contribution in [0.1, 0.15) is 58.1 Å². The third-order valence-electron chi connectivity index (χ3n) is 7.58. The molecule has 0 atom stereocenters. The third-order valence-corrected chi connectivity index (χ3v) is 7.90. The summed E-state index contributed by atoms with van der Waals surface area (Å²) in [7, 11) is 0. The molecular formula is C31H36ClF3N6O4. The van der Waals surface area contributed by atoms with Crippen LogP contribution >= 0.6 is 11.6 Å². The lowest BCUT2D eigenvalue weighted by atomic mass is 9.91. The Morgan fingerprint density at radius 1 is 1.04 bits per heavy atom. The number of likely N-dealkylation sites (tertiary alicyclic amines) is 1. The van der Waals surface area contributed by atoms with Gasteiger partial charge in [0.15, 0.2) is 0 Å². The molecule has 2 aliphatic rings. The second-order valence-corrected chi connectivity index (χ2v) is 11.7. The highest BCUT2D eigenvalue weighted by Crippen LogP contribution is 2.34. The Labute approximate surface area is 264 Å². The van der Waals surface area contributed by atoms with E-state index in [1.807, 2.05) is 12.1 Å². The second-order valence-electron chi connectivity index (χ2n) is 11.3. The number of nitrogens with zero attached hydrogens (tertiary/aromatic N) is 2. The standard InChI is InChI=1S/C22H23ClF3N5O3.C9H13NO/c1-11-15(10-18(33)29-17-4-3-13(9-16(17)23)22(24,25)26)19(27)20(28)21(34)31(11)14-5-7-30(8-6-14)12(2)32;1-9(2,11)7-3-5-8(10)6-4-7/h3-4,9,14,27-28H,5-8,10H2,1-2H3,(H,29,33);3-6,11H,10H2,1-2H3. The molecule has 6 N–H and O–H groups in total. The molecule has 0 aromatic heterocycles. The molecule has 1 saturated heterocycles. The fourth-order valence-corrected chi connectivity index (χ4v) is 5.22. The van der Waals surface area contributed by atoms with Crippen LogP contribution in [-0.4, -0.2) is 63.2 Å². The first-order chi connectivity index (χ1) is 20.8. The van der Waals surface area contributed by atoms with Crippen molar-refractivity contribution in [3.63, 3.8) is 0 Å². The van der Waals surface area contributed by atoms with E-state index in [1.165, 1.54) is 11.8 Å². The predicted octanol–water partition coefficient (Wildman–Crippen LogP) is 5.35. The van der Waals surface area contributed by atoms with Crippen LogP contribution < -0.4 is 11.1 Å². The van der Waals surface area contributed by atoms with Gasteiger partial charge in [0.2, 0.25) is 11.8 Å². The first-order valence-corrected chi connectivity index (χ1v) is 14.4. The third kappa shape index (κ3) is 8.70. The Balaban J connectivity index is 0.000000423. The van der Waals surface area contributed by atoms with Crippen LogP contribution in [0, 0.1) is 10.8 Å².